The predicted molar refractivity (Wildman–Crippen MR) is 87.6 cm³/mol. The first kappa shape index (κ1) is 16.7. The van der Waals surface area contributed by atoms with Crippen LogP contribution in [0.2, 0.25) is 0 Å². The third-order valence-electron chi connectivity index (χ3n) is 4.96. The molecule has 1 saturated carbocycles. The summed E-state index contributed by atoms with van der Waals surface area (Å²) < 4.78 is 0. The third kappa shape index (κ3) is 3.23. The van der Waals surface area contributed by atoms with Crippen LogP contribution >= 0.6 is 0 Å². The smallest absolute Gasteiger partial charge is 0.270 e. The zero-order valence-electron chi connectivity index (χ0n) is 14.1. The highest BCUT2D eigenvalue weighted by Crippen LogP contribution is 2.36. The first-order valence-corrected chi connectivity index (χ1v) is 8.16. The van der Waals surface area contributed by atoms with Crippen LogP contribution in [0.25, 0.3) is 0 Å². The van der Waals surface area contributed by atoms with Crippen LogP contribution in [-0.4, -0.2) is 41.4 Å². The number of nitrogens with two attached hydrogens (primary N) is 1. The molecule has 3 atom stereocenters. The minimum absolute atomic E-state index is 0.0251. The molecule has 1 heterocycles. The second-order valence-corrected chi connectivity index (χ2v) is 6.75. The molecule has 1 aliphatic carbocycles. The van der Waals surface area contributed by atoms with Gasteiger partial charge in [0.25, 0.3) is 5.91 Å². The van der Waals surface area contributed by atoms with Gasteiger partial charge in [0.2, 0.25) is 0 Å². The number of likely N-dealkylation sites (tertiary alicyclic amines) is 1. The highest BCUT2D eigenvalue weighted by molar-refractivity contribution is 6.10. The van der Waals surface area contributed by atoms with E-state index in [0.29, 0.717) is 11.6 Å². The lowest BCUT2D eigenvalue weighted by atomic mass is 9.95. The number of nitrogens with zero attached hydrogens (tertiary/aromatic N) is 2. The summed E-state index contributed by atoms with van der Waals surface area (Å²) in [6, 6.07) is 0.249. The van der Waals surface area contributed by atoms with Crippen molar-refractivity contribution in [2.45, 2.75) is 53.0 Å². The number of hydrogen-bond donors (Lipinski definition) is 1. The summed E-state index contributed by atoms with van der Waals surface area (Å²) in [4.78, 5) is 30.2. The molecule has 2 aliphatic rings. The Balaban J connectivity index is 2.33. The normalized spacial score (nSPS) is 32.6. The van der Waals surface area contributed by atoms with Crippen LogP contribution in [0.1, 0.15) is 47.0 Å². The summed E-state index contributed by atoms with van der Waals surface area (Å²) in [5.41, 5.74) is 8.26. The van der Waals surface area contributed by atoms with E-state index in [-0.39, 0.29) is 30.2 Å². The number of aliphatic imine (C=N–C) groups is 1. The van der Waals surface area contributed by atoms with Crippen LogP contribution in [0.5, 0.6) is 0 Å². The van der Waals surface area contributed by atoms with Gasteiger partial charge in [0, 0.05) is 23.9 Å². The number of hydrogen-bond acceptors (Lipinski definition) is 4. The topological polar surface area (TPSA) is 75.8 Å². The van der Waals surface area contributed by atoms with Gasteiger partial charge >= 0.3 is 0 Å². The maximum atomic E-state index is 12.7. The third-order valence-corrected chi connectivity index (χ3v) is 4.96. The number of rotatable bonds is 3. The maximum Gasteiger partial charge on any atom is 0.270 e. The Kier molecular flexibility index (Phi) is 5.04. The lowest BCUT2D eigenvalue weighted by Gasteiger charge is -2.23. The van der Waals surface area contributed by atoms with Crippen molar-refractivity contribution < 1.29 is 9.59 Å². The quantitative estimate of drug-likeness (QED) is 0.809. The van der Waals surface area contributed by atoms with Crippen LogP contribution < -0.4 is 5.73 Å². The highest BCUT2D eigenvalue weighted by Gasteiger charge is 2.36. The number of carbonyl (C=O) groups is 2. The molecular formula is C17H27N3O2. The zero-order valence-corrected chi connectivity index (χ0v) is 14.1. The Morgan fingerprint density at radius 1 is 1.32 bits per heavy atom. The van der Waals surface area contributed by atoms with E-state index in [2.05, 4.69) is 25.8 Å². The summed E-state index contributed by atoms with van der Waals surface area (Å²) >= 11 is 0. The fourth-order valence-electron chi connectivity index (χ4n) is 3.40. The van der Waals surface area contributed by atoms with E-state index in [1.807, 2.05) is 4.90 Å². The van der Waals surface area contributed by atoms with Crippen LogP contribution in [-0.2, 0) is 9.59 Å². The fourth-order valence-corrected chi connectivity index (χ4v) is 3.40. The van der Waals surface area contributed by atoms with Gasteiger partial charge in [0.15, 0.2) is 5.78 Å². The molecule has 0 aromatic carbocycles. The average Bonchev–Trinajstić information content (AvgIpc) is 3.00. The predicted octanol–water partition coefficient (Wildman–Crippen LogP) is 1.92. The number of carbonyl (C=O) groups excluding carboxylic acids is 2. The summed E-state index contributed by atoms with van der Waals surface area (Å²) in [7, 11) is 0. The van der Waals surface area contributed by atoms with E-state index in [1.54, 1.807) is 0 Å². The van der Waals surface area contributed by atoms with Gasteiger partial charge in [-0.3, -0.25) is 14.6 Å². The average molecular weight is 305 g/mol. The number of allylic oxidation sites excluding steroid dienone is 1. The number of Topliss-reactive ketones (excluding diaryl/α,β-unsaturated/α-hetero) is 1. The monoisotopic (exact) mass is 305 g/mol. The molecule has 0 bridgehead atoms. The molecule has 1 unspecified atom stereocenters. The SMILES string of the molecule is CC(=O)CN=C1C[C@@H](C)C(C)/C1=C(/N)C(=O)N1CCC[C@H]1C. The van der Waals surface area contributed by atoms with Crippen molar-refractivity contribution in [2.24, 2.45) is 22.6 Å². The van der Waals surface area contributed by atoms with Crippen LogP contribution in [0.3, 0.4) is 0 Å². The molecular weight excluding hydrogens is 278 g/mol. The Morgan fingerprint density at radius 2 is 2.00 bits per heavy atom. The largest absolute Gasteiger partial charge is 0.394 e. The van der Waals surface area contributed by atoms with Gasteiger partial charge in [-0.25, -0.2) is 0 Å². The molecule has 1 saturated heterocycles. The molecule has 5 heteroatoms. The van der Waals surface area contributed by atoms with E-state index in [1.165, 1.54) is 6.92 Å². The molecule has 0 radical (unpaired) electrons. The van der Waals surface area contributed by atoms with E-state index in [4.69, 9.17) is 5.73 Å². The van der Waals surface area contributed by atoms with Gasteiger partial charge < -0.3 is 10.6 Å². The molecule has 1 amide bonds. The van der Waals surface area contributed by atoms with Crippen molar-refractivity contribution in [3.8, 4) is 0 Å². The van der Waals surface area contributed by atoms with Crippen molar-refractivity contribution >= 4 is 17.4 Å². The highest BCUT2D eigenvalue weighted by atomic mass is 16.2. The summed E-state index contributed by atoms with van der Waals surface area (Å²) in [6.45, 7) is 8.75. The van der Waals surface area contributed by atoms with E-state index in [9.17, 15) is 9.59 Å². The first-order valence-electron chi connectivity index (χ1n) is 8.16. The van der Waals surface area contributed by atoms with Gasteiger partial charge in [-0.2, -0.15) is 0 Å². The fraction of sp³-hybridized carbons (Fsp3) is 0.706. The van der Waals surface area contributed by atoms with Gasteiger partial charge in [-0.05, 0) is 44.9 Å². The summed E-state index contributed by atoms with van der Waals surface area (Å²) in [5, 5.41) is 0. The van der Waals surface area contributed by atoms with Gasteiger partial charge in [0.1, 0.15) is 5.70 Å². The van der Waals surface area contributed by atoms with Crippen molar-refractivity contribution in [1.29, 1.82) is 0 Å². The van der Waals surface area contributed by atoms with Crippen molar-refractivity contribution in [2.75, 3.05) is 13.1 Å². The maximum absolute atomic E-state index is 12.7. The molecule has 2 rings (SSSR count). The lowest BCUT2D eigenvalue weighted by molar-refractivity contribution is -0.127. The molecule has 0 spiro atoms. The lowest BCUT2D eigenvalue weighted by Crippen LogP contribution is -2.38. The van der Waals surface area contributed by atoms with Crippen LogP contribution in [0.15, 0.2) is 16.3 Å². The molecule has 122 valence electrons. The molecule has 1 aliphatic heterocycles. The molecule has 2 N–H and O–H groups in total. The number of ketones is 1. The van der Waals surface area contributed by atoms with Crippen molar-refractivity contribution in [3.63, 3.8) is 0 Å². The Bertz CT molecular complexity index is 536. The second kappa shape index (κ2) is 6.63. The molecule has 22 heavy (non-hydrogen) atoms. The minimum Gasteiger partial charge on any atom is -0.394 e. The van der Waals surface area contributed by atoms with Crippen molar-refractivity contribution in [3.05, 3.63) is 11.3 Å². The van der Waals surface area contributed by atoms with Gasteiger partial charge in [-0.15, -0.1) is 0 Å². The Hall–Kier alpha value is -1.65. The van der Waals surface area contributed by atoms with Gasteiger partial charge in [-0.1, -0.05) is 13.8 Å². The van der Waals surface area contributed by atoms with E-state index < -0.39 is 0 Å². The van der Waals surface area contributed by atoms with Gasteiger partial charge in [0.05, 0.1) is 6.54 Å². The summed E-state index contributed by atoms with van der Waals surface area (Å²) in [5.74, 6) is 0.546. The number of amides is 1. The van der Waals surface area contributed by atoms with E-state index >= 15 is 0 Å². The molecule has 5 nitrogen and oxygen atoms in total. The first-order chi connectivity index (χ1) is 10.3. The van der Waals surface area contributed by atoms with E-state index in [0.717, 1.165) is 37.1 Å². The molecule has 2 fully saturated rings. The zero-order chi connectivity index (χ0) is 16.4. The molecule has 0 aromatic heterocycles. The summed E-state index contributed by atoms with van der Waals surface area (Å²) in [6.07, 6.45) is 2.85. The standard InChI is InChI=1S/C17H27N3O2/c1-10-8-14(19-9-12(3)21)15(13(10)4)16(18)17(22)20-7-5-6-11(20)2/h10-11,13H,5-9,18H2,1-4H3/b16-15-,19-14?/t10-,11-,13?/m1/s1. The van der Waals surface area contributed by atoms with Crippen molar-refractivity contribution in [1.82, 2.24) is 4.90 Å². The Morgan fingerprint density at radius 3 is 2.55 bits per heavy atom. The molecule has 0 aromatic rings. The minimum atomic E-state index is -0.0727. The van der Waals surface area contributed by atoms with Crippen LogP contribution in [0, 0.1) is 11.8 Å². The van der Waals surface area contributed by atoms with Crippen LogP contribution in [0.4, 0.5) is 0 Å². The second-order valence-electron chi connectivity index (χ2n) is 6.75. The Labute approximate surface area is 132 Å².